The van der Waals surface area contributed by atoms with Crippen LogP contribution in [0.4, 0.5) is 10.1 Å². The van der Waals surface area contributed by atoms with Gasteiger partial charge < -0.3 is 19.9 Å². The molecule has 0 radical (unpaired) electrons. The molecule has 2 aliphatic rings. The largest absolute Gasteiger partial charge is 0.493 e. The van der Waals surface area contributed by atoms with Crippen LogP contribution in [-0.2, 0) is 4.79 Å². The lowest BCUT2D eigenvalue weighted by Crippen LogP contribution is -2.38. The van der Waals surface area contributed by atoms with Crippen molar-refractivity contribution in [2.45, 2.75) is 25.2 Å². The predicted molar refractivity (Wildman–Crippen MR) is 120 cm³/mol. The van der Waals surface area contributed by atoms with Crippen molar-refractivity contribution in [3.63, 3.8) is 0 Å². The molecule has 0 bridgehead atoms. The van der Waals surface area contributed by atoms with Gasteiger partial charge in [0.2, 0.25) is 5.75 Å². The Bertz CT molecular complexity index is 1190. The van der Waals surface area contributed by atoms with Gasteiger partial charge in [0.05, 0.1) is 38.9 Å². The van der Waals surface area contributed by atoms with E-state index in [2.05, 4.69) is 6.07 Å². The van der Waals surface area contributed by atoms with Gasteiger partial charge in [0.15, 0.2) is 17.3 Å². The van der Waals surface area contributed by atoms with E-state index in [-0.39, 0.29) is 23.0 Å². The van der Waals surface area contributed by atoms with Gasteiger partial charge in [0.25, 0.3) is 0 Å². The van der Waals surface area contributed by atoms with Crippen molar-refractivity contribution in [1.29, 1.82) is 5.26 Å². The molecular formula is C25H24FN3O4. The smallest absolute Gasteiger partial charge is 0.203 e. The first-order chi connectivity index (χ1) is 15.9. The zero-order chi connectivity index (χ0) is 23.7. The van der Waals surface area contributed by atoms with Crippen molar-refractivity contribution < 1.29 is 23.4 Å². The summed E-state index contributed by atoms with van der Waals surface area (Å²) < 4.78 is 30.0. The summed E-state index contributed by atoms with van der Waals surface area (Å²) >= 11 is 0. The number of hydrogen-bond donors (Lipinski definition) is 1. The molecule has 7 nitrogen and oxygen atoms in total. The number of ketones is 1. The summed E-state index contributed by atoms with van der Waals surface area (Å²) in [6.07, 6.45) is 1.63. The first-order valence-electron chi connectivity index (χ1n) is 10.5. The van der Waals surface area contributed by atoms with Crippen LogP contribution in [0, 0.1) is 17.1 Å². The number of rotatable bonds is 5. The summed E-state index contributed by atoms with van der Waals surface area (Å²) in [5, 5.41) is 10.1. The molecule has 2 N–H and O–H groups in total. The van der Waals surface area contributed by atoms with Crippen LogP contribution in [0.3, 0.4) is 0 Å². The quantitative estimate of drug-likeness (QED) is 0.732. The summed E-state index contributed by atoms with van der Waals surface area (Å²) in [6.45, 7) is 0. The number of Topliss-reactive ketones (excluding diaryl/α,β-unsaturated/α-hetero) is 1. The number of nitrogens with two attached hydrogens (primary N) is 1. The van der Waals surface area contributed by atoms with Gasteiger partial charge in [-0.15, -0.1) is 0 Å². The van der Waals surface area contributed by atoms with Gasteiger partial charge >= 0.3 is 0 Å². The number of anilines is 1. The van der Waals surface area contributed by atoms with E-state index in [1.54, 1.807) is 29.2 Å². The molecule has 170 valence electrons. The van der Waals surface area contributed by atoms with E-state index < -0.39 is 5.92 Å². The van der Waals surface area contributed by atoms with E-state index >= 15 is 0 Å². The molecular weight excluding hydrogens is 425 g/mol. The number of hydrogen-bond acceptors (Lipinski definition) is 7. The fourth-order valence-corrected chi connectivity index (χ4v) is 4.57. The minimum atomic E-state index is -0.691. The molecule has 1 heterocycles. The van der Waals surface area contributed by atoms with Crippen LogP contribution in [0.1, 0.15) is 30.7 Å². The fourth-order valence-electron chi connectivity index (χ4n) is 4.57. The van der Waals surface area contributed by atoms with Gasteiger partial charge in [0, 0.05) is 23.4 Å². The number of nitrogens with zero attached hydrogens (tertiary/aromatic N) is 2. The molecule has 0 aromatic heterocycles. The van der Waals surface area contributed by atoms with Gasteiger partial charge in [-0.1, -0.05) is 0 Å². The number of carbonyl (C=O) groups is 1. The summed E-state index contributed by atoms with van der Waals surface area (Å²) in [4.78, 5) is 14.9. The SMILES string of the molecule is COc1cc(C2C(C#N)=C(N)N(c3ccc(F)cc3)C3=C2C(=O)CCC3)cc(OC)c1OC. The number of ether oxygens (including phenoxy) is 3. The van der Waals surface area contributed by atoms with Crippen LogP contribution < -0.4 is 24.8 Å². The van der Waals surface area contributed by atoms with E-state index in [0.29, 0.717) is 59.0 Å². The highest BCUT2D eigenvalue weighted by atomic mass is 19.1. The molecule has 0 amide bonds. The topological polar surface area (TPSA) is 97.8 Å². The number of methoxy groups -OCH3 is 3. The highest BCUT2D eigenvalue weighted by molar-refractivity contribution is 6.01. The summed E-state index contributed by atoms with van der Waals surface area (Å²) in [5.41, 5.74) is 9.20. The Kier molecular flexibility index (Phi) is 5.97. The Labute approximate surface area is 191 Å². The average Bonchev–Trinajstić information content (AvgIpc) is 2.83. The number of allylic oxidation sites excluding steroid dienone is 3. The van der Waals surface area contributed by atoms with Crippen LogP contribution >= 0.6 is 0 Å². The van der Waals surface area contributed by atoms with Crippen molar-refractivity contribution in [2.24, 2.45) is 5.73 Å². The highest BCUT2D eigenvalue weighted by Crippen LogP contribution is 2.49. The summed E-state index contributed by atoms with van der Waals surface area (Å²) in [7, 11) is 4.51. The molecule has 0 saturated carbocycles. The van der Waals surface area contributed by atoms with Crippen LogP contribution in [0.5, 0.6) is 17.2 Å². The number of carbonyl (C=O) groups excluding carboxylic acids is 1. The van der Waals surface area contributed by atoms with E-state index in [1.807, 2.05) is 0 Å². The lowest BCUT2D eigenvalue weighted by molar-refractivity contribution is -0.116. The molecule has 1 atom stereocenters. The maximum atomic E-state index is 13.6. The number of halogens is 1. The Morgan fingerprint density at radius 1 is 1.06 bits per heavy atom. The second-order valence-electron chi connectivity index (χ2n) is 7.75. The molecule has 4 rings (SSSR count). The van der Waals surface area contributed by atoms with Crippen LogP contribution in [0.25, 0.3) is 0 Å². The van der Waals surface area contributed by atoms with E-state index in [9.17, 15) is 14.4 Å². The molecule has 1 aliphatic heterocycles. The van der Waals surface area contributed by atoms with Crippen molar-refractivity contribution in [1.82, 2.24) is 0 Å². The molecule has 1 unspecified atom stereocenters. The lowest BCUT2D eigenvalue weighted by atomic mass is 9.75. The van der Waals surface area contributed by atoms with E-state index in [1.165, 1.54) is 33.5 Å². The third kappa shape index (κ3) is 3.65. The minimum absolute atomic E-state index is 0.0534. The van der Waals surface area contributed by atoms with Gasteiger partial charge in [0.1, 0.15) is 11.6 Å². The third-order valence-corrected chi connectivity index (χ3v) is 6.02. The molecule has 1 aliphatic carbocycles. The van der Waals surface area contributed by atoms with Gasteiger partial charge in [-0.2, -0.15) is 5.26 Å². The Morgan fingerprint density at radius 2 is 1.70 bits per heavy atom. The second-order valence-corrected chi connectivity index (χ2v) is 7.75. The molecule has 0 spiro atoms. The van der Waals surface area contributed by atoms with Crippen LogP contribution in [0.15, 0.2) is 59.1 Å². The maximum Gasteiger partial charge on any atom is 0.203 e. The zero-order valence-electron chi connectivity index (χ0n) is 18.6. The van der Waals surface area contributed by atoms with E-state index in [0.717, 1.165) is 0 Å². The van der Waals surface area contributed by atoms with Crippen LogP contribution in [-0.4, -0.2) is 27.1 Å². The molecule has 0 saturated heterocycles. The van der Waals surface area contributed by atoms with Gasteiger partial charge in [-0.05, 0) is 54.8 Å². The molecule has 2 aromatic carbocycles. The Hall–Kier alpha value is -3.99. The Balaban J connectivity index is 1.98. The third-order valence-electron chi connectivity index (χ3n) is 6.02. The first-order valence-corrected chi connectivity index (χ1v) is 10.5. The zero-order valence-corrected chi connectivity index (χ0v) is 18.6. The molecule has 8 heteroatoms. The van der Waals surface area contributed by atoms with E-state index in [4.69, 9.17) is 19.9 Å². The fraction of sp³-hybridized carbons (Fsp3) is 0.280. The minimum Gasteiger partial charge on any atom is -0.493 e. The van der Waals surface area contributed by atoms with Crippen molar-refractivity contribution in [2.75, 3.05) is 26.2 Å². The number of nitriles is 1. The number of benzene rings is 2. The monoisotopic (exact) mass is 449 g/mol. The molecule has 33 heavy (non-hydrogen) atoms. The highest BCUT2D eigenvalue weighted by Gasteiger charge is 2.41. The maximum absolute atomic E-state index is 13.6. The summed E-state index contributed by atoms with van der Waals surface area (Å²) in [5.74, 6) is 0.306. The van der Waals surface area contributed by atoms with Crippen molar-refractivity contribution >= 4 is 11.5 Å². The van der Waals surface area contributed by atoms with Gasteiger partial charge in [-0.3, -0.25) is 9.69 Å². The van der Waals surface area contributed by atoms with Crippen molar-refractivity contribution in [3.05, 3.63) is 70.4 Å². The molecule has 0 fully saturated rings. The van der Waals surface area contributed by atoms with Gasteiger partial charge in [-0.25, -0.2) is 4.39 Å². The second kappa shape index (κ2) is 8.87. The first kappa shape index (κ1) is 22.2. The Morgan fingerprint density at radius 3 is 2.24 bits per heavy atom. The van der Waals surface area contributed by atoms with Crippen LogP contribution in [0.2, 0.25) is 0 Å². The summed E-state index contributed by atoms with van der Waals surface area (Å²) in [6, 6.07) is 11.5. The normalized spacial score (nSPS) is 18.1. The standard InChI is InChI=1S/C25H24FN3O4/c1-31-20-11-14(12-21(32-2)24(20)33-3)22-17(13-27)25(28)29(16-9-7-15(26)8-10-16)18-5-4-6-19(30)23(18)22/h7-12,22H,4-6,28H2,1-3H3. The van der Waals surface area contributed by atoms with Crippen molar-refractivity contribution in [3.8, 4) is 23.3 Å². The predicted octanol–water partition coefficient (Wildman–Crippen LogP) is 4.16. The lowest BCUT2D eigenvalue weighted by Gasteiger charge is -2.39. The molecule has 2 aromatic rings. The average molecular weight is 449 g/mol.